The monoisotopic (exact) mass is 378 g/mol. The normalized spacial score (nSPS) is 19.3. The molecule has 0 radical (unpaired) electrons. The molecule has 0 N–H and O–H groups in total. The summed E-state index contributed by atoms with van der Waals surface area (Å²) in [6.07, 6.45) is 0. The first kappa shape index (κ1) is 15.3. The molecule has 4 rings (SSSR count). The molecule has 0 amide bonds. The number of carbonyl (C=O) groups is 2. The maximum atomic E-state index is 12.8. The highest BCUT2D eigenvalue weighted by atomic mass is 35.5. The van der Waals surface area contributed by atoms with E-state index in [1.165, 1.54) is 23.5 Å². The van der Waals surface area contributed by atoms with E-state index in [4.69, 9.17) is 23.2 Å². The molecule has 0 aliphatic carbocycles. The number of thioether (sulfide) groups is 2. The maximum Gasteiger partial charge on any atom is 0.202 e. The molecule has 6 heteroatoms. The van der Waals surface area contributed by atoms with E-state index in [0.29, 0.717) is 31.0 Å². The minimum absolute atomic E-state index is 0.103. The van der Waals surface area contributed by atoms with Gasteiger partial charge in [0.1, 0.15) is 0 Å². The summed E-state index contributed by atoms with van der Waals surface area (Å²) in [5.41, 5.74) is 2.07. The molecule has 0 fully saturated rings. The number of Topliss-reactive ketones (excluding diaryl/α,β-unsaturated/α-hetero) is 2. The van der Waals surface area contributed by atoms with E-state index < -0.39 is 0 Å². The zero-order chi connectivity index (χ0) is 16.3. The number of allylic oxidation sites excluding steroid dienone is 2. The van der Waals surface area contributed by atoms with Crippen molar-refractivity contribution in [3.8, 4) is 0 Å². The van der Waals surface area contributed by atoms with Gasteiger partial charge in [-0.25, -0.2) is 0 Å². The Morgan fingerprint density at radius 1 is 0.826 bits per heavy atom. The van der Waals surface area contributed by atoms with Gasteiger partial charge in [-0.15, -0.1) is 0 Å². The van der Waals surface area contributed by atoms with Crippen molar-refractivity contribution in [3.05, 3.63) is 66.9 Å². The van der Waals surface area contributed by atoms with E-state index >= 15 is 0 Å². The van der Waals surface area contributed by atoms with Gasteiger partial charge in [0.05, 0.1) is 9.81 Å². The number of aryl methyl sites for hydroxylation is 1. The van der Waals surface area contributed by atoms with Gasteiger partial charge in [-0.05, 0) is 42.8 Å². The summed E-state index contributed by atoms with van der Waals surface area (Å²) in [5, 5.41) is 1.17. The summed E-state index contributed by atoms with van der Waals surface area (Å²) in [5.74, 6) is -0.219. The number of fused-ring (bicyclic) bond motifs is 2. The summed E-state index contributed by atoms with van der Waals surface area (Å²) >= 11 is 14.7. The Kier molecular flexibility index (Phi) is 3.61. The van der Waals surface area contributed by atoms with Crippen LogP contribution >= 0.6 is 46.7 Å². The van der Waals surface area contributed by atoms with Crippen LogP contribution in [0.15, 0.2) is 49.9 Å². The Balaban J connectivity index is 1.84. The molecule has 2 aliphatic rings. The Bertz CT molecular complexity index is 948. The number of benzene rings is 2. The predicted octanol–water partition coefficient (Wildman–Crippen LogP) is 5.79. The molecular formula is C17H8Cl2O2S2. The lowest BCUT2D eigenvalue weighted by Gasteiger charge is -2.01. The Morgan fingerprint density at radius 3 is 2.26 bits per heavy atom. The van der Waals surface area contributed by atoms with Crippen LogP contribution in [0.4, 0.5) is 0 Å². The topological polar surface area (TPSA) is 34.1 Å². The zero-order valence-electron chi connectivity index (χ0n) is 11.8. The predicted molar refractivity (Wildman–Crippen MR) is 95.0 cm³/mol. The number of rotatable bonds is 0. The van der Waals surface area contributed by atoms with Crippen molar-refractivity contribution >= 4 is 58.3 Å². The first-order valence-corrected chi connectivity index (χ1v) is 9.13. The van der Waals surface area contributed by atoms with Gasteiger partial charge in [0.2, 0.25) is 11.6 Å². The molecule has 0 spiro atoms. The highest BCUT2D eigenvalue weighted by Crippen LogP contribution is 2.51. The number of ketones is 2. The molecule has 2 aliphatic heterocycles. The minimum Gasteiger partial charge on any atom is -0.288 e. The van der Waals surface area contributed by atoms with Crippen LogP contribution in [0.2, 0.25) is 10.0 Å². The van der Waals surface area contributed by atoms with Gasteiger partial charge in [-0.2, -0.15) is 0 Å². The number of halogens is 2. The van der Waals surface area contributed by atoms with E-state index in [0.717, 1.165) is 15.4 Å². The van der Waals surface area contributed by atoms with Crippen LogP contribution in [0.25, 0.3) is 0 Å². The lowest BCUT2D eigenvalue weighted by atomic mass is 10.0. The van der Waals surface area contributed by atoms with Crippen LogP contribution in [0.5, 0.6) is 0 Å². The second-order valence-electron chi connectivity index (χ2n) is 5.26. The third-order valence-corrected chi connectivity index (χ3v) is 6.59. The number of hydrogen-bond donors (Lipinski definition) is 0. The standard InChI is InChI=1S/C17H8Cl2O2S2/c1-7-4-9(19)6-12-13(7)15(21)17(23-12)16-14(20)10-3-2-8(18)5-11(10)22-16/h2-6H,1H3/b17-16-. The molecular weight excluding hydrogens is 371 g/mol. The van der Waals surface area contributed by atoms with Crippen LogP contribution in [0.1, 0.15) is 26.3 Å². The van der Waals surface area contributed by atoms with Crippen LogP contribution < -0.4 is 0 Å². The number of carbonyl (C=O) groups excluding carboxylic acids is 2. The van der Waals surface area contributed by atoms with E-state index in [1.54, 1.807) is 30.3 Å². The average molecular weight is 379 g/mol. The van der Waals surface area contributed by atoms with Crippen molar-refractivity contribution in [2.24, 2.45) is 0 Å². The van der Waals surface area contributed by atoms with Crippen molar-refractivity contribution in [3.63, 3.8) is 0 Å². The highest BCUT2D eigenvalue weighted by Gasteiger charge is 2.37. The molecule has 0 atom stereocenters. The van der Waals surface area contributed by atoms with Crippen molar-refractivity contribution < 1.29 is 9.59 Å². The molecule has 2 heterocycles. The number of hydrogen-bond acceptors (Lipinski definition) is 4. The second kappa shape index (κ2) is 5.42. The molecule has 0 unspecified atom stereocenters. The fourth-order valence-corrected chi connectivity index (χ4v) is 5.73. The quantitative estimate of drug-likeness (QED) is 0.543. The lowest BCUT2D eigenvalue weighted by molar-refractivity contribution is 0.101. The van der Waals surface area contributed by atoms with Crippen molar-refractivity contribution in [1.29, 1.82) is 0 Å². The molecule has 0 saturated heterocycles. The van der Waals surface area contributed by atoms with Gasteiger partial charge in [-0.3, -0.25) is 9.59 Å². The molecule has 2 nitrogen and oxygen atoms in total. The molecule has 23 heavy (non-hydrogen) atoms. The molecule has 0 aromatic heterocycles. The third-order valence-electron chi connectivity index (χ3n) is 3.72. The summed E-state index contributed by atoms with van der Waals surface area (Å²) in [6.45, 7) is 1.86. The van der Waals surface area contributed by atoms with Crippen molar-refractivity contribution in [2.75, 3.05) is 0 Å². The van der Waals surface area contributed by atoms with Gasteiger partial charge in [0.25, 0.3) is 0 Å². The van der Waals surface area contributed by atoms with E-state index in [-0.39, 0.29) is 11.6 Å². The summed E-state index contributed by atoms with van der Waals surface area (Å²) < 4.78 is 0. The molecule has 2 aromatic rings. The zero-order valence-corrected chi connectivity index (χ0v) is 14.9. The lowest BCUT2D eigenvalue weighted by Crippen LogP contribution is -2.03. The van der Waals surface area contributed by atoms with E-state index in [9.17, 15) is 9.59 Å². The van der Waals surface area contributed by atoms with E-state index in [1.807, 2.05) is 6.92 Å². The smallest absolute Gasteiger partial charge is 0.202 e. The third kappa shape index (κ3) is 2.36. The molecule has 114 valence electrons. The van der Waals surface area contributed by atoms with Crippen LogP contribution in [0.3, 0.4) is 0 Å². The van der Waals surface area contributed by atoms with Crippen LogP contribution in [-0.2, 0) is 0 Å². The summed E-state index contributed by atoms with van der Waals surface area (Å²) in [7, 11) is 0. The van der Waals surface area contributed by atoms with Gasteiger partial charge >= 0.3 is 0 Å². The first-order chi connectivity index (χ1) is 11.0. The maximum absolute atomic E-state index is 12.8. The van der Waals surface area contributed by atoms with Gasteiger partial charge < -0.3 is 0 Å². The van der Waals surface area contributed by atoms with Crippen molar-refractivity contribution in [1.82, 2.24) is 0 Å². The second-order valence-corrected chi connectivity index (χ2v) is 8.23. The summed E-state index contributed by atoms with van der Waals surface area (Å²) in [6, 6.07) is 8.69. The molecule has 2 aromatic carbocycles. The molecule has 0 saturated carbocycles. The van der Waals surface area contributed by atoms with E-state index in [2.05, 4.69) is 0 Å². The Hall–Kier alpha value is -1.20. The van der Waals surface area contributed by atoms with Crippen molar-refractivity contribution in [2.45, 2.75) is 16.7 Å². The fraction of sp³-hybridized carbons (Fsp3) is 0.0588. The Labute approximate surface area is 151 Å². The first-order valence-electron chi connectivity index (χ1n) is 6.75. The largest absolute Gasteiger partial charge is 0.288 e. The van der Waals surface area contributed by atoms with Crippen LogP contribution in [-0.4, -0.2) is 11.6 Å². The van der Waals surface area contributed by atoms with Gasteiger partial charge in [-0.1, -0.05) is 46.7 Å². The molecule has 0 bridgehead atoms. The summed E-state index contributed by atoms with van der Waals surface area (Å²) in [4.78, 5) is 28.0. The highest BCUT2D eigenvalue weighted by molar-refractivity contribution is 8.08. The van der Waals surface area contributed by atoms with Gasteiger partial charge in [0, 0.05) is 31.0 Å². The van der Waals surface area contributed by atoms with Gasteiger partial charge in [0.15, 0.2) is 0 Å². The Morgan fingerprint density at radius 2 is 1.48 bits per heavy atom. The van der Waals surface area contributed by atoms with Crippen LogP contribution in [0, 0.1) is 6.92 Å². The SMILES string of the molecule is Cc1cc(Cl)cc2c1C(=O)/C(=C1/Sc3cc(Cl)ccc3C1=O)S2. The minimum atomic E-state index is -0.117. The fourth-order valence-electron chi connectivity index (χ4n) is 2.70. The average Bonchev–Trinajstić information content (AvgIpc) is 2.96.